The van der Waals surface area contributed by atoms with Crippen LogP contribution in [0.1, 0.15) is 31.8 Å². The van der Waals surface area contributed by atoms with Crippen LogP contribution >= 0.6 is 0 Å². The van der Waals surface area contributed by atoms with Crippen LogP contribution in [0.5, 0.6) is 5.88 Å². The molecule has 9 heteroatoms. The second-order valence-corrected chi connectivity index (χ2v) is 6.05. The number of fused-ring (bicyclic) bond motifs is 1. The molecule has 1 aliphatic rings. The molecule has 2 heterocycles. The van der Waals surface area contributed by atoms with Crippen LogP contribution in [0.15, 0.2) is 36.5 Å². The summed E-state index contributed by atoms with van der Waals surface area (Å²) in [5, 5.41) is 9.09. The largest absolute Gasteiger partial charge is 0.478 e. The first-order valence-electron chi connectivity index (χ1n) is 8.03. The fourth-order valence-corrected chi connectivity index (χ4v) is 2.79. The van der Waals surface area contributed by atoms with E-state index in [1.165, 1.54) is 18.2 Å². The lowest BCUT2D eigenvalue weighted by atomic mass is 9.97. The first kappa shape index (κ1) is 18.7. The Balaban J connectivity index is 1.69. The molecule has 3 rings (SSSR count). The Morgan fingerprint density at radius 3 is 2.52 bits per heavy atom. The van der Waals surface area contributed by atoms with E-state index in [-0.39, 0.29) is 29.5 Å². The zero-order valence-corrected chi connectivity index (χ0v) is 14.0. The normalized spacial score (nSPS) is 13.8. The van der Waals surface area contributed by atoms with Gasteiger partial charge in [0.25, 0.3) is 5.91 Å². The molecule has 0 atom stereocenters. The van der Waals surface area contributed by atoms with Crippen LogP contribution in [0.4, 0.5) is 13.2 Å². The van der Waals surface area contributed by atoms with Crippen molar-refractivity contribution in [1.82, 2.24) is 9.88 Å². The van der Waals surface area contributed by atoms with Gasteiger partial charge in [0.2, 0.25) is 5.88 Å². The summed E-state index contributed by atoms with van der Waals surface area (Å²) in [6.45, 7) is -0.756. The van der Waals surface area contributed by atoms with Crippen molar-refractivity contribution in [2.75, 3.05) is 13.2 Å². The molecule has 142 valence electrons. The number of alkyl halides is 3. The van der Waals surface area contributed by atoms with Crippen molar-refractivity contribution in [3.05, 3.63) is 58.8 Å². The van der Waals surface area contributed by atoms with E-state index in [1.807, 2.05) is 0 Å². The average Bonchev–Trinajstić information content (AvgIpc) is 2.64. The van der Waals surface area contributed by atoms with E-state index < -0.39 is 18.8 Å². The van der Waals surface area contributed by atoms with Gasteiger partial charge in [-0.3, -0.25) is 4.79 Å². The molecule has 0 saturated heterocycles. The summed E-state index contributed by atoms with van der Waals surface area (Å²) in [4.78, 5) is 29.0. The first-order chi connectivity index (χ1) is 12.7. The molecule has 27 heavy (non-hydrogen) atoms. The molecule has 6 nitrogen and oxygen atoms in total. The lowest BCUT2D eigenvalue weighted by Crippen LogP contribution is -2.36. The number of amides is 1. The SMILES string of the molecule is O=C(O)c1ccc2c(c1)CN(C(=O)c1ccc(OCC(F)(F)F)nc1)CC2. The molecule has 0 bridgehead atoms. The molecule has 0 fully saturated rings. The fraction of sp³-hybridized carbons (Fsp3) is 0.278. The molecule has 1 aliphatic heterocycles. The highest BCUT2D eigenvalue weighted by Crippen LogP contribution is 2.23. The molecular weight excluding hydrogens is 365 g/mol. The number of carboxylic acid groups (broad SMARTS) is 1. The third-order valence-electron chi connectivity index (χ3n) is 4.12. The third kappa shape index (κ3) is 4.55. The quantitative estimate of drug-likeness (QED) is 0.882. The number of halogens is 3. The summed E-state index contributed by atoms with van der Waals surface area (Å²) in [7, 11) is 0. The zero-order valence-electron chi connectivity index (χ0n) is 14.0. The van der Waals surface area contributed by atoms with E-state index in [0.29, 0.717) is 13.0 Å². The number of aromatic carboxylic acids is 1. The number of hydrogen-bond acceptors (Lipinski definition) is 4. The summed E-state index contributed by atoms with van der Waals surface area (Å²) in [6, 6.07) is 7.38. The van der Waals surface area contributed by atoms with Crippen molar-refractivity contribution in [2.24, 2.45) is 0 Å². The van der Waals surface area contributed by atoms with Gasteiger partial charge in [-0.2, -0.15) is 13.2 Å². The van der Waals surface area contributed by atoms with Crippen molar-refractivity contribution in [2.45, 2.75) is 19.1 Å². The Morgan fingerprint density at radius 2 is 1.89 bits per heavy atom. The van der Waals surface area contributed by atoms with E-state index in [0.717, 1.165) is 17.3 Å². The van der Waals surface area contributed by atoms with E-state index >= 15 is 0 Å². The molecule has 0 saturated carbocycles. The second-order valence-electron chi connectivity index (χ2n) is 6.05. The fourth-order valence-electron chi connectivity index (χ4n) is 2.79. The van der Waals surface area contributed by atoms with Gasteiger partial charge in [-0.05, 0) is 35.7 Å². The Kier molecular flexibility index (Phi) is 5.02. The van der Waals surface area contributed by atoms with Gasteiger partial charge in [0, 0.05) is 25.4 Å². The number of nitrogens with zero attached hydrogens (tertiary/aromatic N) is 2. The van der Waals surface area contributed by atoms with Crippen LogP contribution < -0.4 is 4.74 Å². The van der Waals surface area contributed by atoms with Crippen molar-refractivity contribution < 1.29 is 32.6 Å². The second kappa shape index (κ2) is 7.26. The minimum absolute atomic E-state index is 0.149. The Bertz CT molecular complexity index is 866. The lowest BCUT2D eigenvalue weighted by Gasteiger charge is -2.29. The average molecular weight is 380 g/mol. The summed E-state index contributed by atoms with van der Waals surface area (Å²) in [5.41, 5.74) is 2.11. The van der Waals surface area contributed by atoms with Crippen LogP contribution in [0, 0.1) is 0 Å². The number of aromatic nitrogens is 1. The Labute approximate surface area is 152 Å². The van der Waals surface area contributed by atoms with Crippen molar-refractivity contribution in [3.63, 3.8) is 0 Å². The summed E-state index contributed by atoms with van der Waals surface area (Å²) in [6.07, 6.45) is -2.72. The van der Waals surface area contributed by atoms with Gasteiger partial charge in [-0.15, -0.1) is 0 Å². The van der Waals surface area contributed by atoms with Gasteiger partial charge < -0.3 is 14.7 Å². The molecule has 1 amide bonds. The molecule has 0 aliphatic carbocycles. The van der Waals surface area contributed by atoms with E-state index in [4.69, 9.17) is 5.11 Å². The lowest BCUT2D eigenvalue weighted by molar-refractivity contribution is -0.154. The van der Waals surface area contributed by atoms with Gasteiger partial charge in [0.1, 0.15) is 0 Å². The maximum Gasteiger partial charge on any atom is 0.422 e. The highest BCUT2D eigenvalue weighted by Gasteiger charge is 2.29. The monoisotopic (exact) mass is 380 g/mol. The number of pyridine rings is 1. The maximum atomic E-state index is 12.6. The van der Waals surface area contributed by atoms with Crippen molar-refractivity contribution in [1.29, 1.82) is 0 Å². The first-order valence-corrected chi connectivity index (χ1v) is 8.03. The predicted molar refractivity (Wildman–Crippen MR) is 87.6 cm³/mol. The highest BCUT2D eigenvalue weighted by molar-refractivity contribution is 5.94. The standard InChI is InChI=1S/C18H15F3N2O4/c19-18(20,21)10-27-15-4-3-13(8-22-15)16(24)23-6-5-11-1-2-12(17(25)26)7-14(11)9-23/h1-4,7-8H,5-6,9-10H2,(H,25,26). The van der Waals surface area contributed by atoms with Crippen LogP contribution in [-0.2, 0) is 13.0 Å². The molecule has 0 spiro atoms. The predicted octanol–water partition coefficient (Wildman–Crippen LogP) is 2.92. The van der Waals surface area contributed by atoms with Gasteiger partial charge in [0.15, 0.2) is 6.61 Å². The molecule has 1 aromatic heterocycles. The van der Waals surface area contributed by atoms with Gasteiger partial charge in [0.05, 0.1) is 11.1 Å². The third-order valence-corrected chi connectivity index (χ3v) is 4.12. The number of hydrogen-bond donors (Lipinski definition) is 1. The van der Waals surface area contributed by atoms with E-state index in [1.54, 1.807) is 17.0 Å². The number of benzene rings is 1. The van der Waals surface area contributed by atoms with E-state index in [9.17, 15) is 22.8 Å². The minimum Gasteiger partial charge on any atom is -0.478 e. The topological polar surface area (TPSA) is 79.7 Å². The number of carboxylic acids is 1. The van der Waals surface area contributed by atoms with Gasteiger partial charge in [-0.25, -0.2) is 9.78 Å². The highest BCUT2D eigenvalue weighted by atomic mass is 19.4. The van der Waals surface area contributed by atoms with Crippen LogP contribution in [-0.4, -0.2) is 46.2 Å². The number of ether oxygens (including phenoxy) is 1. The molecule has 1 N–H and O–H groups in total. The molecule has 0 radical (unpaired) electrons. The van der Waals surface area contributed by atoms with Crippen LogP contribution in [0.2, 0.25) is 0 Å². The summed E-state index contributed by atoms with van der Waals surface area (Å²) >= 11 is 0. The van der Waals surface area contributed by atoms with Gasteiger partial charge in [-0.1, -0.05) is 6.07 Å². The summed E-state index contributed by atoms with van der Waals surface area (Å²) < 4.78 is 40.9. The van der Waals surface area contributed by atoms with Crippen LogP contribution in [0.3, 0.4) is 0 Å². The Morgan fingerprint density at radius 1 is 1.15 bits per heavy atom. The molecule has 0 unspecified atom stereocenters. The van der Waals surface area contributed by atoms with Crippen molar-refractivity contribution >= 4 is 11.9 Å². The number of carbonyl (C=O) groups is 2. The van der Waals surface area contributed by atoms with Crippen LogP contribution in [0.25, 0.3) is 0 Å². The number of rotatable bonds is 4. The molecular formula is C18H15F3N2O4. The van der Waals surface area contributed by atoms with Gasteiger partial charge >= 0.3 is 12.1 Å². The Hall–Kier alpha value is -3.10. The molecule has 2 aromatic rings. The molecule has 1 aromatic carbocycles. The van der Waals surface area contributed by atoms with Crippen molar-refractivity contribution in [3.8, 4) is 5.88 Å². The maximum absolute atomic E-state index is 12.6. The minimum atomic E-state index is -4.47. The smallest absolute Gasteiger partial charge is 0.422 e. The number of carbonyl (C=O) groups excluding carboxylic acids is 1. The zero-order chi connectivity index (χ0) is 19.6. The summed E-state index contributed by atoms with van der Waals surface area (Å²) in [5.74, 6) is -1.60. The van der Waals surface area contributed by atoms with E-state index in [2.05, 4.69) is 9.72 Å².